The topological polar surface area (TPSA) is 12.9 Å². The largest absolute Gasteiger partial charge is 0.256 e. The molecular weight excluding hydrogens is 278 g/mol. The summed E-state index contributed by atoms with van der Waals surface area (Å²) in [6.45, 7) is 4.88. The zero-order valence-corrected chi connectivity index (χ0v) is 14.2. The Bertz CT molecular complexity index is 787. The molecule has 1 aromatic heterocycles. The highest BCUT2D eigenvalue weighted by atomic mass is 14.7. The van der Waals surface area contributed by atoms with E-state index in [-0.39, 0.29) is 0 Å². The Labute approximate surface area is 139 Å². The van der Waals surface area contributed by atoms with Crippen LogP contribution >= 0.6 is 0 Å². The van der Waals surface area contributed by atoms with Crippen molar-refractivity contribution in [2.24, 2.45) is 11.3 Å². The molecule has 4 aliphatic carbocycles. The molecule has 4 aliphatic rings. The van der Waals surface area contributed by atoms with E-state index in [4.69, 9.17) is 4.98 Å². The van der Waals surface area contributed by atoms with Gasteiger partial charge in [0, 0.05) is 11.8 Å². The lowest BCUT2D eigenvalue weighted by molar-refractivity contribution is 0.0183. The Morgan fingerprint density at radius 3 is 2.83 bits per heavy atom. The molecule has 2 unspecified atom stereocenters. The first-order valence-corrected chi connectivity index (χ1v) is 9.24. The van der Waals surface area contributed by atoms with Crippen molar-refractivity contribution >= 4 is 0 Å². The maximum Gasteiger partial charge on any atom is 0.0707 e. The quantitative estimate of drug-likeness (QED) is 0.695. The van der Waals surface area contributed by atoms with E-state index in [2.05, 4.69) is 44.3 Å². The van der Waals surface area contributed by atoms with E-state index in [1.54, 1.807) is 16.7 Å². The fourth-order valence-electron chi connectivity index (χ4n) is 5.32. The van der Waals surface area contributed by atoms with Crippen LogP contribution in [-0.4, -0.2) is 4.98 Å². The number of aromatic nitrogens is 1. The Morgan fingerprint density at radius 2 is 1.96 bits per heavy atom. The van der Waals surface area contributed by atoms with E-state index in [1.807, 2.05) is 0 Å². The van der Waals surface area contributed by atoms with Crippen LogP contribution in [-0.2, 0) is 19.3 Å². The first-order chi connectivity index (χ1) is 11.1. The van der Waals surface area contributed by atoms with Crippen molar-refractivity contribution in [3.63, 3.8) is 0 Å². The van der Waals surface area contributed by atoms with Gasteiger partial charge in [0.2, 0.25) is 0 Å². The molecule has 1 aromatic carbocycles. The third kappa shape index (κ3) is 1.89. The SMILES string of the molecule is CC1(C)C2Cc3cc(-c4cccc5c4CCCC5)ncc3C1C2. The van der Waals surface area contributed by atoms with E-state index in [1.165, 1.54) is 55.3 Å². The number of fused-ring (bicyclic) bond motifs is 1. The van der Waals surface area contributed by atoms with E-state index in [0.29, 0.717) is 5.41 Å². The van der Waals surface area contributed by atoms with Gasteiger partial charge in [-0.25, -0.2) is 0 Å². The number of aryl methyl sites for hydroxylation is 1. The summed E-state index contributed by atoms with van der Waals surface area (Å²) in [5.41, 5.74) is 9.31. The van der Waals surface area contributed by atoms with Crippen LogP contribution < -0.4 is 0 Å². The molecule has 0 saturated heterocycles. The van der Waals surface area contributed by atoms with Crippen LogP contribution in [0.5, 0.6) is 0 Å². The number of pyridine rings is 1. The lowest BCUT2D eigenvalue weighted by Gasteiger charge is -2.57. The second-order valence-corrected chi connectivity index (χ2v) is 8.43. The van der Waals surface area contributed by atoms with Gasteiger partial charge in [-0.3, -0.25) is 4.98 Å². The highest BCUT2D eigenvalue weighted by molar-refractivity contribution is 5.67. The van der Waals surface area contributed by atoms with E-state index >= 15 is 0 Å². The monoisotopic (exact) mass is 303 g/mol. The molecule has 23 heavy (non-hydrogen) atoms. The molecule has 2 bridgehead atoms. The molecular formula is C22H25N. The predicted molar refractivity (Wildman–Crippen MR) is 94.6 cm³/mol. The van der Waals surface area contributed by atoms with E-state index in [0.717, 1.165) is 11.8 Å². The average molecular weight is 303 g/mol. The van der Waals surface area contributed by atoms with Gasteiger partial charge in [-0.2, -0.15) is 0 Å². The highest BCUT2D eigenvalue weighted by Gasteiger charge is 2.52. The number of nitrogens with zero attached hydrogens (tertiary/aromatic N) is 1. The molecule has 1 heterocycles. The van der Waals surface area contributed by atoms with Crippen molar-refractivity contribution in [2.75, 3.05) is 0 Å². The Balaban J connectivity index is 1.59. The molecule has 0 spiro atoms. The molecule has 6 rings (SSSR count). The number of hydrogen-bond donors (Lipinski definition) is 0. The highest BCUT2D eigenvalue weighted by Crippen LogP contribution is 2.62. The van der Waals surface area contributed by atoms with Gasteiger partial charge in [-0.15, -0.1) is 0 Å². The third-order valence-corrected chi connectivity index (χ3v) is 7.01. The molecule has 1 saturated carbocycles. The number of rotatable bonds is 1. The smallest absolute Gasteiger partial charge is 0.0707 e. The minimum atomic E-state index is 0.488. The zero-order valence-electron chi connectivity index (χ0n) is 14.2. The molecule has 118 valence electrons. The van der Waals surface area contributed by atoms with Crippen molar-refractivity contribution in [1.29, 1.82) is 0 Å². The van der Waals surface area contributed by atoms with Crippen LogP contribution in [0.25, 0.3) is 11.3 Å². The Morgan fingerprint density at radius 1 is 1.09 bits per heavy atom. The summed E-state index contributed by atoms with van der Waals surface area (Å²) in [6.07, 6.45) is 9.97. The molecule has 0 N–H and O–H groups in total. The van der Waals surface area contributed by atoms with Crippen molar-refractivity contribution in [1.82, 2.24) is 4.98 Å². The molecule has 0 aliphatic heterocycles. The van der Waals surface area contributed by atoms with E-state index in [9.17, 15) is 0 Å². The fourth-order valence-corrected chi connectivity index (χ4v) is 5.32. The van der Waals surface area contributed by atoms with Crippen molar-refractivity contribution < 1.29 is 0 Å². The molecule has 0 radical (unpaired) electrons. The third-order valence-electron chi connectivity index (χ3n) is 7.01. The van der Waals surface area contributed by atoms with Crippen LogP contribution in [0.15, 0.2) is 30.5 Å². The van der Waals surface area contributed by atoms with Crippen LogP contribution in [0.4, 0.5) is 0 Å². The summed E-state index contributed by atoms with van der Waals surface area (Å²) in [7, 11) is 0. The molecule has 1 nitrogen and oxygen atoms in total. The van der Waals surface area contributed by atoms with Crippen molar-refractivity contribution in [3.8, 4) is 11.3 Å². The normalized spacial score (nSPS) is 26.9. The average Bonchev–Trinajstić information content (AvgIpc) is 2.60. The van der Waals surface area contributed by atoms with Gasteiger partial charge >= 0.3 is 0 Å². The molecule has 1 fully saturated rings. The minimum absolute atomic E-state index is 0.488. The van der Waals surface area contributed by atoms with Gasteiger partial charge in [-0.05, 0) is 84.1 Å². The summed E-state index contributed by atoms with van der Waals surface area (Å²) < 4.78 is 0. The second-order valence-electron chi connectivity index (χ2n) is 8.43. The Hall–Kier alpha value is -1.63. The van der Waals surface area contributed by atoms with Gasteiger partial charge < -0.3 is 0 Å². The maximum atomic E-state index is 4.91. The van der Waals surface area contributed by atoms with Gasteiger partial charge in [0.15, 0.2) is 0 Å². The standard InChI is InChI=1S/C22H25N/c1-22(2)16-10-15-11-21(23-13-19(15)20(22)12-16)18-9-5-7-14-6-3-4-8-17(14)18/h5,7,9,11,13,16,20H,3-4,6,8,10,12H2,1-2H3. The number of benzene rings is 1. The predicted octanol–water partition coefficient (Wildman–Crippen LogP) is 5.31. The van der Waals surface area contributed by atoms with Crippen LogP contribution in [0.3, 0.4) is 0 Å². The summed E-state index contributed by atoms with van der Waals surface area (Å²) in [5.74, 6) is 1.61. The lowest BCUT2D eigenvalue weighted by atomic mass is 9.47. The van der Waals surface area contributed by atoms with Crippen molar-refractivity contribution in [3.05, 3.63) is 52.7 Å². The van der Waals surface area contributed by atoms with Crippen molar-refractivity contribution in [2.45, 2.75) is 58.3 Å². The van der Waals surface area contributed by atoms with Crippen LogP contribution in [0, 0.1) is 11.3 Å². The maximum absolute atomic E-state index is 4.91. The fraction of sp³-hybridized carbons (Fsp3) is 0.500. The minimum Gasteiger partial charge on any atom is -0.256 e. The first kappa shape index (κ1) is 13.8. The molecule has 2 atom stereocenters. The van der Waals surface area contributed by atoms with E-state index < -0.39 is 0 Å². The zero-order chi connectivity index (χ0) is 15.6. The summed E-state index contributed by atoms with van der Waals surface area (Å²) >= 11 is 0. The Kier molecular flexibility index (Phi) is 2.81. The lowest BCUT2D eigenvalue weighted by Crippen LogP contribution is -2.48. The first-order valence-electron chi connectivity index (χ1n) is 9.24. The summed E-state index contributed by atoms with van der Waals surface area (Å²) in [4.78, 5) is 4.91. The van der Waals surface area contributed by atoms with Crippen LogP contribution in [0.2, 0.25) is 0 Å². The van der Waals surface area contributed by atoms with Gasteiger partial charge in [-0.1, -0.05) is 32.0 Å². The van der Waals surface area contributed by atoms with Gasteiger partial charge in [0.05, 0.1) is 5.69 Å². The summed E-state index contributed by atoms with van der Waals surface area (Å²) in [6, 6.07) is 9.23. The van der Waals surface area contributed by atoms with Crippen LogP contribution in [0.1, 0.15) is 61.3 Å². The van der Waals surface area contributed by atoms with Gasteiger partial charge in [0.25, 0.3) is 0 Å². The number of hydrogen-bond acceptors (Lipinski definition) is 1. The summed E-state index contributed by atoms with van der Waals surface area (Å²) in [5, 5.41) is 0. The molecule has 0 amide bonds. The molecule has 1 heteroatoms. The second kappa shape index (κ2) is 4.69. The molecule has 2 aromatic rings. The van der Waals surface area contributed by atoms with Gasteiger partial charge in [0.1, 0.15) is 0 Å².